The number of hydrogen-bond donors (Lipinski definition) is 0. The van der Waals surface area contributed by atoms with Crippen molar-refractivity contribution in [2.45, 2.75) is 59.8 Å². The number of rotatable bonds is 5. The van der Waals surface area contributed by atoms with Crippen LogP contribution in [0.2, 0.25) is 0 Å². The molecule has 0 radical (unpaired) electrons. The van der Waals surface area contributed by atoms with Crippen LogP contribution >= 0.6 is 0 Å². The van der Waals surface area contributed by atoms with Crippen LogP contribution in [0.25, 0.3) is 0 Å². The molecule has 1 aliphatic rings. The quantitative estimate of drug-likeness (QED) is 0.739. The third-order valence-electron chi connectivity index (χ3n) is 4.59. The van der Waals surface area contributed by atoms with Gasteiger partial charge in [-0.2, -0.15) is 0 Å². The minimum Gasteiger partial charge on any atom is -0.385 e. The summed E-state index contributed by atoms with van der Waals surface area (Å²) >= 11 is 0. The monoisotopic (exact) mass is 254 g/mol. The Balaban J connectivity index is 2.40. The van der Waals surface area contributed by atoms with Gasteiger partial charge in [-0.3, -0.25) is 4.79 Å². The zero-order valence-corrected chi connectivity index (χ0v) is 12.8. The van der Waals surface area contributed by atoms with Crippen molar-refractivity contribution in [3.8, 4) is 0 Å². The molecule has 0 saturated heterocycles. The third-order valence-corrected chi connectivity index (χ3v) is 4.59. The van der Waals surface area contributed by atoms with Gasteiger partial charge in [-0.05, 0) is 43.4 Å². The first-order valence-electron chi connectivity index (χ1n) is 7.39. The topological polar surface area (TPSA) is 26.3 Å². The summed E-state index contributed by atoms with van der Waals surface area (Å²) < 4.78 is 5.06. The fraction of sp³-hybridized carbons (Fsp3) is 0.938. The normalized spacial score (nSPS) is 26.9. The van der Waals surface area contributed by atoms with Crippen LogP contribution in [0.5, 0.6) is 0 Å². The lowest BCUT2D eigenvalue weighted by Crippen LogP contribution is -2.31. The Bertz CT molecular complexity index is 257. The largest absolute Gasteiger partial charge is 0.385 e. The van der Waals surface area contributed by atoms with Crippen LogP contribution in [-0.2, 0) is 9.53 Å². The molecule has 0 heterocycles. The number of carbonyl (C=O) groups is 1. The van der Waals surface area contributed by atoms with Gasteiger partial charge in [0.05, 0.1) is 0 Å². The predicted molar refractivity (Wildman–Crippen MR) is 75.6 cm³/mol. The molecule has 1 fully saturated rings. The molecule has 0 aromatic heterocycles. The highest BCUT2D eigenvalue weighted by atomic mass is 16.5. The highest BCUT2D eigenvalue weighted by molar-refractivity contribution is 5.83. The van der Waals surface area contributed by atoms with Crippen LogP contribution in [0.1, 0.15) is 59.8 Å². The molecule has 0 bridgehead atoms. The van der Waals surface area contributed by atoms with Crippen molar-refractivity contribution in [2.75, 3.05) is 13.7 Å². The van der Waals surface area contributed by atoms with Gasteiger partial charge in [0.2, 0.25) is 0 Å². The van der Waals surface area contributed by atoms with E-state index < -0.39 is 0 Å². The van der Waals surface area contributed by atoms with Crippen molar-refractivity contribution in [1.82, 2.24) is 0 Å². The summed E-state index contributed by atoms with van der Waals surface area (Å²) in [6.07, 6.45) is 5.50. The van der Waals surface area contributed by atoms with Crippen molar-refractivity contribution >= 4 is 5.78 Å². The van der Waals surface area contributed by atoms with Crippen LogP contribution < -0.4 is 0 Å². The molecular weight excluding hydrogens is 224 g/mol. The molecule has 0 aliphatic heterocycles. The average molecular weight is 254 g/mol. The van der Waals surface area contributed by atoms with E-state index in [0.29, 0.717) is 23.7 Å². The lowest BCUT2D eigenvalue weighted by atomic mass is 9.68. The van der Waals surface area contributed by atoms with Crippen molar-refractivity contribution < 1.29 is 9.53 Å². The molecule has 18 heavy (non-hydrogen) atoms. The van der Waals surface area contributed by atoms with Gasteiger partial charge in [-0.15, -0.1) is 0 Å². The van der Waals surface area contributed by atoms with Crippen molar-refractivity contribution in [1.29, 1.82) is 0 Å². The maximum absolute atomic E-state index is 12.3. The fourth-order valence-corrected chi connectivity index (χ4v) is 3.08. The number of Topliss-reactive ketones (excluding diaryl/α,β-unsaturated/α-hetero) is 1. The number of carbonyl (C=O) groups excluding carboxylic acids is 1. The Morgan fingerprint density at radius 2 is 1.78 bits per heavy atom. The van der Waals surface area contributed by atoms with Gasteiger partial charge in [0, 0.05) is 25.6 Å². The van der Waals surface area contributed by atoms with Gasteiger partial charge in [0.25, 0.3) is 0 Å². The van der Waals surface area contributed by atoms with Crippen molar-refractivity contribution in [2.24, 2.45) is 23.2 Å². The van der Waals surface area contributed by atoms with E-state index >= 15 is 0 Å². The Morgan fingerprint density at radius 3 is 2.22 bits per heavy atom. The number of ether oxygens (including phenoxy) is 1. The highest BCUT2D eigenvalue weighted by Crippen LogP contribution is 2.40. The summed E-state index contributed by atoms with van der Waals surface area (Å²) in [7, 11) is 1.70. The maximum Gasteiger partial charge on any atom is 0.138 e. The van der Waals surface area contributed by atoms with Gasteiger partial charge in [-0.25, -0.2) is 0 Å². The minimum atomic E-state index is 0.168. The molecule has 1 rings (SSSR count). The first kappa shape index (κ1) is 15.7. The Kier molecular flexibility index (Phi) is 5.84. The molecule has 1 saturated carbocycles. The summed E-state index contributed by atoms with van der Waals surface area (Å²) in [5, 5.41) is 0. The van der Waals surface area contributed by atoms with E-state index in [9.17, 15) is 4.79 Å². The molecule has 1 aliphatic carbocycles. The molecule has 0 N–H and O–H groups in total. The highest BCUT2D eigenvalue weighted by Gasteiger charge is 2.33. The predicted octanol–water partition coefficient (Wildman–Crippen LogP) is 4.08. The molecular formula is C16H30O2. The van der Waals surface area contributed by atoms with E-state index in [1.54, 1.807) is 7.11 Å². The molecule has 0 aromatic carbocycles. The van der Waals surface area contributed by atoms with Crippen molar-refractivity contribution in [3.05, 3.63) is 0 Å². The zero-order chi connectivity index (χ0) is 13.8. The molecule has 2 nitrogen and oxygen atoms in total. The lowest BCUT2D eigenvalue weighted by Gasteiger charge is -2.37. The van der Waals surface area contributed by atoms with E-state index in [4.69, 9.17) is 4.74 Å². The Hall–Kier alpha value is -0.370. The van der Waals surface area contributed by atoms with Gasteiger partial charge in [0.1, 0.15) is 5.78 Å². The second kappa shape index (κ2) is 6.70. The summed E-state index contributed by atoms with van der Waals surface area (Å²) in [5.74, 6) is 1.74. The molecule has 0 amide bonds. The van der Waals surface area contributed by atoms with Gasteiger partial charge in [-0.1, -0.05) is 27.7 Å². The molecule has 2 heteroatoms. The third kappa shape index (κ3) is 4.38. The minimum absolute atomic E-state index is 0.168. The first-order valence-corrected chi connectivity index (χ1v) is 7.39. The second-order valence-electron chi connectivity index (χ2n) is 7.00. The van der Waals surface area contributed by atoms with Gasteiger partial charge >= 0.3 is 0 Å². The second-order valence-corrected chi connectivity index (χ2v) is 7.00. The van der Waals surface area contributed by atoms with E-state index in [1.807, 2.05) is 0 Å². The van der Waals surface area contributed by atoms with Gasteiger partial charge in [0.15, 0.2) is 0 Å². The zero-order valence-electron chi connectivity index (χ0n) is 12.8. The first-order chi connectivity index (χ1) is 8.36. The SMILES string of the molecule is COCCC(C)C(=O)C1CCC(C(C)(C)C)CC1. The fourth-order valence-electron chi connectivity index (χ4n) is 3.08. The van der Waals surface area contributed by atoms with E-state index in [1.165, 1.54) is 12.8 Å². The van der Waals surface area contributed by atoms with Crippen LogP contribution in [-0.4, -0.2) is 19.5 Å². The summed E-state index contributed by atoms with van der Waals surface area (Å²) in [4.78, 5) is 12.3. The Labute approximate surface area is 112 Å². The number of methoxy groups -OCH3 is 1. The maximum atomic E-state index is 12.3. The number of hydrogen-bond acceptors (Lipinski definition) is 2. The standard InChI is InChI=1S/C16H30O2/c1-12(10-11-18-5)15(17)13-6-8-14(9-7-13)16(2,3)4/h12-14H,6-11H2,1-5H3. The van der Waals surface area contributed by atoms with E-state index in [0.717, 1.165) is 25.2 Å². The smallest absolute Gasteiger partial charge is 0.138 e. The summed E-state index contributed by atoms with van der Waals surface area (Å²) in [6, 6.07) is 0. The van der Waals surface area contributed by atoms with E-state index in [2.05, 4.69) is 27.7 Å². The van der Waals surface area contributed by atoms with Crippen LogP contribution in [0, 0.1) is 23.2 Å². The van der Waals surface area contributed by atoms with Crippen LogP contribution in [0.4, 0.5) is 0 Å². The molecule has 0 aromatic rings. The van der Waals surface area contributed by atoms with Crippen LogP contribution in [0.3, 0.4) is 0 Å². The molecule has 106 valence electrons. The molecule has 1 atom stereocenters. The summed E-state index contributed by atoms with van der Waals surface area (Å²) in [6.45, 7) is 9.71. The van der Waals surface area contributed by atoms with Crippen molar-refractivity contribution in [3.63, 3.8) is 0 Å². The summed E-state index contributed by atoms with van der Waals surface area (Å²) in [5.41, 5.74) is 0.398. The average Bonchev–Trinajstić information content (AvgIpc) is 2.34. The Morgan fingerprint density at radius 1 is 1.22 bits per heavy atom. The molecule has 1 unspecified atom stereocenters. The van der Waals surface area contributed by atoms with E-state index in [-0.39, 0.29) is 5.92 Å². The lowest BCUT2D eigenvalue weighted by molar-refractivity contribution is -0.128. The number of ketones is 1. The van der Waals surface area contributed by atoms with Gasteiger partial charge < -0.3 is 4.74 Å². The molecule has 0 spiro atoms. The van der Waals surface area contributed by atoms with Crippen LogP contribution in [0.15, 0.2) is 0 Å².